The van der Waals surface area contributed by atoms with Crippen LogP contribution in [0.2, 0.25) is 0 Å². The van der Waals surface area contributed by atoms with Crippen molar-refractivity contribution in [1.82, 2.24) is 10.2 Å². The van der Waals surface area contributed by atoms with Gasteiger partial charge in [-0.3, -0.25) is 0 Å². The molecule has 96 valence electrons. The lowest BCUT2D eigenvalue weighted by Gasteiger charge is -2.35. The maximum Gasteiger partial charge on any atom is 0.0597 e. The molecule has 0 amide bonds. The van der Waals surface area contributed by atoms with E-state index in [-0.39, 0.29) is 12.6 Å². The van der Waals surface area contributed by atoms with Gasteiger partial charge in [0.05, 0.1) is 6.61 Å². The van der Waals surface area contributed by atoms with Crippen LogP contribution in [0.4, 0.5) is 0 Å². The van der Waals surface area contributed by atoms with Gasteiger partial charge < -0.3 is 15.3 Å². The Kier molecular flexibility index (Phi) is 6.32. The molecule has 0 bridgehead atoms. The predicted molar refractivity (Wildman–Crippen MR) is 68.6 cm³/mol. The summed E-state index contributed by atoms with van der Waals surface area (Å²) >= 11 is 0. The Bertz CT molecular complexity index is 179. The van der Waals surface area contributed by atoms with E-state index in [0.717, 1.165) is 25.0 Å². The highest BCUT2D eigenvalue weighted by molar-refractivity contribution is 4.79. The molecule has 1 fully saturated rings. The molecule has 1 rings (SSSR count). The van der Waals surface area contributed by atoms with Gasteiger partial charge in [-0.2, -0.15) is 0 Å². The molecule has 3 heteroatoms. The second kappa shape index (κ2) is 7.25. The molecule has 1 aliphatic carbocycles. The van der Waals surface area contributed by atoms with Crippen LogP contribution in [-0.2, 0) is 0 Å². The first-order valence-corrected chi connectivity index (χ1v) is 6.71. The lowest BCUT2D eigenvalue weighted by atomic mass is 9.86. The van der Waals surface area contributed by atoms with E-state index in [9.17, 15) is 5.11 Å². The van der Waals surface area contributed by atoms with Gasteiger partial charge in [-0.1, -0.05) is 13.8 Å². The lowest BCUT2D eigenvalue weighted by Crippen LogP contribution is -2.46. The molecule has 1 atom stereocenters. The van der Waals surface area contributed by atoms with Crippen molar-refractivity contribution in [2.24, 2.45) is 5.92 Å². The average Bonchev–Trinajstić information content (AvgIpc) is 2.29. The van der Waals surface area contributed by atoms with E-state index in [1.807, 2.05) is 0 Å². The van der Waals surface area contributed by atoms with E-state index in [2.05, 4.69) is 31.1 Å². The molecule has 1 saturated carbocycles. The molecule has 0 aromatic carbocycles. The number of aliphatic hydroxyl groups excluding tert-OH is 1. The second-order valence-corrected chi connectivity index (χ2v) is 5.29. The van der Waals surface area contributed by atoms with E-state index in [4.69, 9.17) is 0 Å². The van der Waals surface area contributed by atoms with Crippen LogP contribution in [0.1, 0.15) is 39.5 Å². The zero-order valence-electron chi connectivity index (χ0n) is 11.1. The Morgan fingerprint density at radius 1 is 1.31 bits per heavy atom. The van der Waals surface area contributed by atoms with Gasteiger partial charge in [0.1, 0.15) is 0 Å². The molecular formula is C13H28N2O. The van der Waals surface area contributed by atoms with Gasteiger partial charge in [0.25, 0.3) is 0 Å². The normalized spacial score (nSPS) is 28.3. The summed E-state index contributed by atoms with van der Waals surface area (Å²) in [5.74, 6) is 0.909. The van der Waals surface area contributed by atoms with Crippen molar-refractivity contribution in [1.29, 1.82) is 0 Å². The topological polar surface area (TPSA) is 35.5 Å². The Labute approximate surface area is 100 Å². The van der Waals surface area contributed by atoms with Crippen LogP contribution in [0.15, 0.2) is 0 Å². The Balaban J connectivity index is 2.30. The summed E-state index contributed by atoms with van der Waals surface area (Å²) in [7, 11) is 2.20. The molecule has 16 heavy (non-hydrogen) atoms. The quantitative estimate of drug-likeness (QED) is 0.722. The number of likely N-dealkylation sites (N-methyl/N-ethyl adjacent to an activating group) is 2. The SMILES string of the molecule is CCNC(CO)CN(C)C1CCC(C)CC1. The maximum atomic E-state index is 9.26. The van der Waals surface area contributed by atoms with Crippen molar-refractivity contribution < 1.29 is 5.11 Å². The fourth-order valence-electron chi connectivity index (χ4n) is 2.66. The summed E-state index contributed by atoms with van der Waals surface area (Å²) in [6.07, 6.45) is 5.36. The second-order valence-electron chi connectivity index (χ2n) is 5.29. The molecule has 3 nitrogen and oxygen atoms in total. The Hall–Kier alpha value is -0.120. The van der Waals surface area contributed by atoms with Gasteiger partial charge in [-0.15, -0.1) is 0 Å². The van der Waals surface area contributed by atoms with Crippen molar-refractivity contribution >= 4 is 0 Å². The summed E-state index contributed by atoms with van der Waals surface area (Å²) in [5.41, 5.74) is 0. The molecule has 0 heterocycles. The van der Waals surface area contributed by atoms with Gasteiger partial charge in [0, 0.05) is 18.6 Å². The third-order valence-corrected chi connectivity index (χ3v) is 3.83. The van der Waals surface area contributed by atoms with Crippen molar-refractivity contribution in [3.8, 4) is 0 Å². The highest BCUT2D eigenvalue weighted by Crippen LogP contribution is 2.26. The highest BCUT2D eigenvalue weighted by atomic mass is 16.3. The minimum absolute atomic E-state index is 0.231. The average molecular weight is 228 g/mol. The van der Waals surface area contributed by atoms with Crippen LogP contribution >= 0.6 is 0 Å². The number of aliphatic hydroxyl groups is 1. The number of nitrogens with one attached hydrogen (secondary N) is 1. The fraction of sp³-hybridized carbons (Fsp3) is 1.00. The Morgan fingerprint density at radius 2 is 1.94 bits per heavy atom. The fourth-order valence-corrected chi connectivity index (χ4v) is 2.66. The van der Waals surface area contributed by atoms with Crippen LogP contribution in [0, 0.1) is 5.92 Å². The number of nitrogens with zero attached hydrogens (tertiary/aromatic N) is 1. The molecule has 1 aliphatic rings. The third-order valence-electron chi connectivity index (χ3n) is 3.83. The van der Waals surface area contributed by atoms with Crippen LogP contribution < -0.4 is 5.32 Å². The smallest absolute Gasteiger partial charge is 0.0597 e. The summed E-state index contributed by atoms with van der Waals surface area (Å²) in [5, 5.41) is 12.6. The summed E-state index contributed by atoms with van der Waals surface area (Å²) in [6.45, 7) is 6.57. The first-order chi connectivity index (χ1) is 7.67. The minimum atomic E-state index is 0.231. The highest BCUT2D eigenvalue weighted by Gasteiger charge is 2.22. The summed E-state index contributed by atoms with van der Waals surface area (Å²) in [4.78, 5) is 2.43. The molecule has 0 saturated heterocycles. The zero-order chi connectivity index (χ0) is 12.0. The Morgan fingerprint density at radius 3 is 2.44 bits per heavy atom. The van der Waals surface area contributed by atoms with Crippen molar-refractivity contribution in [3.05, 3.63) is 0 Å². The van der Waals surface area contributed by atoms with E-state index < -0.39 is 0 Å². The molecule has 0 spiro atoms. The maximum absolute atomic E-state index is 9.26. The van der Waals surface area contributed by atoms with Crippen LogP contribution in [0.5, 0.6) is 0 Å². The van der Waals surface area contributed by atoms with Crippen molar-refractivity contribution in [2.75, 3.05) is 26.7 Å². The van der Waals surface area contributed by atoms with Crippen LogP contribution in [-0.4, -0.2) is 48.8 Å². The van der Waals surface area contributed by atoms with E-state index in [1.165, 1.54) is 25.7 Å². The predicted octanol–water partition coefficient (Wildman–Crippen LogP) is 1.47. The summed E-state index contributed by atoms with van der Waals surface area (Å²) < 4.78 is 0. The van der Waals surface area contributed by atoms with Gasteiger partial charge in [-0.05, 0) is 45.2 Å². The minimum Gasteiger partial charge on any atom is -0.395 e. The lowest BCUT2D eigenvalue weighted by molar-refractivity contribution is 0.135. The zero-order valence-corrected chi connectivity index (χ0v) is 11.1. The number of hydrogen-bond donors (Lipinski definition) is 2. The third kappa shape index (κ3) is 4.40. The van der Waals surface area contributed by atoms with Crippen molar-refractivity contribution in [2.45, 2.75) is 51.6 Å². The molecular weight excluding hydrogens is 200 g/mol. The van der Waals surface area contributed by atoms with E-state index in [0.29, 0.717) is 0 Å². The van der Waals surface area contributed by atoms with Gasteiger partial charge in [-0.25, -0.2) is 0 Å². The monoisotopic (exact) mass is 228 g/mol. The van der Waals surface area contributed by atoms with Gasteiger partial charge in [0.2, 0.25) is 0 Å². The largest absolute Gasteiger partial charge is 0.395 e. The molecule has 0 aromatic heterocycles. The first-order valence-electron chi connectivity index (χ1n) is 6.71. The summed E-state index contributed by atoms with van der Waals surface area (Å²) in [6, 6.07) is 0.957. The molecule has 0 aliphatic heterocycles. The van der Waals surface area contributed by atoms with Crippen LogP contribution in [0.25, 0.3) is 0 Å². The van der Waals surface area contributed by atoms with Gasteiger partial charge >= 0.3 is 0 Å². The first kappa shape index (κ1) is 13.9. The van der Waals surface area contributed by atoms with E-state index >= 15 is 0 Å². The molecule has 2 N–H and O–H groups in total. The molecule has 0 radical (unpaired) electrons. The molecule has 0 aromatic rings. The van der Waals surface area contributed by atoms with Crippen LogP contribution in [0.3, 0.4) is 0 Å². The standard InChI is InChI=1S/C13H28N2O/c1-4-14-12(10-16)9-15(3)13-7-5-11(2)6-8-13/h11-14,16H,4-10H2,1-3H3. The number of rotatable bonds is 6. The van der Waals surface area contributed by atoms with Gasteiger partial charge in [0.15, 0.2) is 0 Å². The number of hydrogen-bond acceptors (Lipinski definition) is 3. The molecule has 1 unspecified atom stereocenters. The van der Waals surface area contributed by atoms with Crippen molar-refractivity contribution in [3.63, 3.8) is 0 Å². The van der Waals surface area contributed by atoms with E-state index in [1.54, 1.807) is 0 Å².